The van der Waals surface area contributed by atoms with E-state index in [4.69, 9.17) is 13.7 Å². The number of carboxylic acid groups (broad SMARTS) is 2. The number of aromatic carboxylic acids is 2. The van der Waals surface area contributed by atoms with E-state index in [0.717, 1.165) is 11.8 Å². The quantitative estimate of drug-likeness (QED) is 0.0506. The standard InChI is InChI=1S/C59H45N5O14/c1-4-60-34-11-16-39-47(25-34)76-48-26-35(63(2)3)12-17-40(48)52(39)37-14-9-32(23-43(37)57(71)72)56(70)61-28-30-5-7-31(8-6-30)55(69)62-29-45-46(66)20-19-42-53(41-18-13-36(65)27-49(41)77-54(42)45)38-15-10-33(24-44(38)58(73)74)59(75)78-64-50(67)21-22-51(64)68/h5-20,23-27,66H,4,21-22,28-29H2,1-3H3,(H,61,70)(H,62,69)(H,71,72)(H,73,74). The third-order valence-corrected chi connectivity index (χ3v) is 13.3. The summed E-state index contributed by atoms with van der Waals surface area (Å²) in [5.41, 5.74) is 3.47. The summed E-state index contributed by atoms with van der Waals surface area (Å²) in [5.74, 6) is -6.18. The fourth-order valence-electron chi connectivity index (χ4n) is 9.43. The van der Waals surface area contributed by atoms with Crippen LogP contribution < -0.4 is 26.3 Å². The Morgan fingerprint density at radius 1 is 0.628 bits per heavy atom. The third kappa shape index (κ3) is 9.74. The number of anilines is 1. The maximum Gasteiger partial charge on any atom is 0.363 e. The molecule has 1 fully saturated rings. The Balaban J connectivity index is 0.875. The summed E-state index contributed by atoms with van der Waals surface area (Å²) >= 11 is 0. The van der Waals surface area contributed by atoms with E-state index in [1.807, 2.05) is 62.3 Å². The second-order valence-electron chi connectivity index (χ2n) is 18.4. The maximum absolute atomic E-state index is 13.6. The lowest BCUT2D eigenvalue weighted by Crippen LogP contribution is -2.32. The van der Waals surface area contributed by atoms with Crippen LogP contribution in [0.4, 0.5) is 5.69 Å². The van der Waals surface area contributed by atoms with Gasteiger partial charge < -0.3 is 44.5 Å². The van der Waals surface area contributed by atoms with E-state index in [1.165, 1.54) is 60.7 Å². The van der Waals surface area contributed by atoms with Crippen molar-refractivity contribution in [3.63, 3.8) is 0 Å². The molecule has 4 amide bonds. The van der Waals surface area contributed by atoms with Gasteiger partial charge in [-0.15, -0.1) is 5.06 Å². The average Bonchev–Trinajstić information content (AvgIpc) is 3.87. The molecule has 19 heteroatoms. The molecular formula is C59H45N5O14. The van der Waals surface area contributed by atoms with E-state index in [2.05, 4.69) is 15.6 Å². The number of phenolic OH excluding ortho intramolecular Hbond substituents is 1. The fourth-order valence-corrected chi connectivity index (χ4v) is 9.43. The van der Waals surface area contributed by atoms with Crippen LogP contribution >= 0.6 is 0 Å². The van der Waals surface area contributed by atoms with Crippen LogP contribution in [0.25, 0.3) is 66.8 Å². The highest BCUT2D eigenvalue weighted by Gasteiger charge is 2.34. The van der Waals surface area contributed by atoms with Crippen LogP contribution in [0.2, 0.25) is 0 Å². The maximum atomic E-state index is 13.6. The smallest absolute Gasteiger partial charge is 0.363 e. The molecule has 2 aliphatic carbocycles. The molecule has 0 aromatic heterocycles. The van der Waals surface area contributed by atoms with Crippen LogP contribution in [-0.4, -0.2) is 82.6 Å². The minimum Gasteiger partial charge on any atom is -0.507 e. The molecule has 5 aliphatic rings. The van der Waals surface area contributed by atoms with Crippen LogP contribution in [0.15, 0.2) is 146 Å². The van der Waals surface area contributed by atoms with Crippen molar-refractivity contribution in [3.8, 4) is 50.7 Å². The number of fused-ring (bicyclic) bond motifs is 4. The molecule has 19 nitrogen and oxygen atoms in total. The zero-order valence-corrected chi connectivity index (χ0v) is 41.8. The lowest BCUT2D eigenvalue weighted by Gasteiger charge is -2.19. The average molecular weight is 1050 g/mol. The fraction of sp³-hybridized carbons (Fsp3) is 0.136. The number of carbonyl (C=O) groups excluding carboxylic acids is 5. The van der Waals surface area contributed by atoms with Crippen molar-refractivity contribution in [2.24, 2.45) is 4.99 Å². The summed E-state index contributed by atoms with van der Waals surface area (Å²) in [6.07, 6.45) is -0.290. The van der Waals surface area contributed by atoms with Gasteiger partial charge in [0, 0.05) is 108 Å². The number of nitrogens with zero attached hydrogens (tertiary/aromatic N) is 3. The first kappa shape index (κ1) is 51.1. The van der Waals surface area contributed by atoms with Crippen molar-refractivity contribution in [1.82, 2.24) is 15.7 Å². The van der Waals surface area contributed by atoms with Crippen molar-refractivity contribution in [2.75, 3.05) is 25.5 Å². The Hall–Kier alpha value is -10.4. The summed E-state index contributed by atoms with van der Waals surface area (Å²) in [7, 11) is 3.81. The topological polar surface area (TPSA) is 276 Å². The highest BCUT2D eigenvalue weighted by molar-refractivity contribution is 6.11. The van der Waals surface area contributed by atoms with Crippen molar-refractivity contribution >= 4 is 69.2 Å². The second-order valence-corrected chi connectivity index (χ2v) is 18.4. The van der Waals surface area contributed by atoms with Gasteiger partial charge in [0.25, 0.3) is 23.6 Å². The number of phenols is 1. The van der Waals surface area contributed by atoms with E-state index in [-0.39, 0.29) is 87.4 Å². The highest BCUT2D eigenvalue weighted by atomic mass is 16.7. The van der Waals surface area contributed by atoms with Crippen LogP contribution in [-0.2, 0) is 27.5 Å². The zero-order chi connectivity index (χ0) is 55.1. The molecule has 3 heterocycles. The first-order chi connectivity index (χ1) is 37.5. The van der Waals surface area contributed by atoms with Gasteiger partial charge in [-0.05, 0) is 109 Å². The molecule has 5 N–H and O–H groups in total. The molecule has 5 aromatic rings. The largest absolute Gasteiger partial charge is 0.507 e. The molecule has 390 valence electrons. The number of hydrogen-bond donors (Lipinski definition) is 5. The van der Waals surface area contributed by atoms with Gasteiger partial charge in [-0.2, -0.15) is 0 Å². The molecule has 3 aliphatic heterocycles. The first-order valence-corrected chi connectivity index (χ1v) is 24.4. The number of carbonyl (C=O) groups is 7. The molecule has 0 bridgehead atoms. The summed E-state index contributed by atoms with van der Waals surface area (Å²) in [6.45, 7) is 2.19. The van der Waals surface area contributed by atoms with Crippen LogP contribution in [0.5, 0.6) is 5.75 Å². The number of benzene rings is 7. The molecular weight excluding hydrogens is 1000 g/mol. The number of rotatable bonds is 14. The minimum absolute atomic E-state index is 0.000221. The van der Waals surface area contributed by atoms with Crippen LogP contribution in [0.3, 0.4) is 0 Å². The van der Waals surface area contributed by atoms with Gasteiger partial charge in [-0.1, -0.05) is 24.3 Å². The third-order valence-electron chi connectivity index (χ3n) is 13.3. The lowest BCUT2D eigenvalue weighted by atomic mass is 9.89. The first-order valence-electron chi connectivity index (χ1n) is 24.4. The summed E-state index contributed by atoms with van der Waals surface area (Å²) < 4.78 is 12.6. The molecule has 0 unspecified atom stereocenters. The number of nitrogens with one attached hydrogen (secondary N) is 2. The summed E-state index contributed by atoms with van der Waals surface area (Å²) in [4.78, 5) is 114. The Labute approximate surface area is 441 Å². The molecule has 0 spiro atoms. The van der Waals surface area contributed by atoms with Gasteiger partial charge in [-0.3, -0.25) is 29.0 Å². The van der Waals surface area contributed by atoms with Crippen molar-refractivity contribution < 1.29 is 62.6 Å². The molecule has 0 radical (unpaired) electrons. The number of hydroxylamine groups is 2. The number of amides is 4. The van der Waals surface area contributed by atoms with E-state index in [9.17, 15) is 53.7 Å². The van der Waals surface area contributed by atoms with Crippen molar-refractivity contribution in [3.05, 3.63) is 182 Å². The number of hydrogen-bond acceptors (Lipinski definition) is 14. The van der Waals surface area contributed by atoms with Gasteiger partial charge in [0.15, 0.2) is 5.43 Å². The van der Waals surface area contributed by atoms with Crippen LogP contribution in [0.1, 0.15) is 82.7 Å². The second kappa shape index (κ2) is 20.7. The number of carboxylic acids is 2. The molecule has 0 atom stereocenters. The Bertz CT molecular complexity index is 4070. The van der Waals surface area contributed by atoms with Gasteiger partial charge in [0.05, 0.1) is 34.2 Å². The Kier molecular flexibility index (Phi) is 13.6. The minimum atomic E-state index is -1.46. The number of imide groups is 1. The van der Waals surface area contributed by atoms with Gasteiger partial charge in [0.2, 0.25) is 0 Å². The van der Waals surface area contributed by atoms with E-state index >= 15 is 0 Å². The van der Waals surface area contributed by atoms with Gasteiger partial charge >= 0.3 is 17.9 Å². The van der Waals surface area contributed by atoms with E-state index < -0.39 is 52.5 Å². The van der Waals surface area contributed by atoms with E-state index in [0.29, 0.717) is 61.5 Å². The number of aromatic hydroxyl groups is 1. The molecule has 5 aromatic carbocycles. The zero-order valence-electron chi connectivity index (χ0n) is 41.8. The molecule has 78 heavy (non-hydrogen) atoms. The normalized spacial score (nSPS) is 12.7. The Morgan fingerprint density at radius 3 is 1.87 bits per heavy atom. The predicted molar refractivity (Wildman–Crippen MR) is 284 cm³/mol. The highest BCUT2D eigenvalue weighted by Crippen LogP contribution is 2.45. The van der Waals surface area contributed by atoms with Gasteiger partial charge in [0.1, 0.15) is 28.4 Å². The summed E-state index contributed by atoms with van der Waals surface area (Å²) in [5, 5.41) is 39.8. The molecule has 10 rings (SSSR count). The Morgan fingerprint density at radius 2 is 1.21 bits per heavy atom. The van der Waals surface area contributed by atoms with Gasteiger partial charge in [-0.25, -0.2) is 14.4 Å². The SMILES string of the molecule is CCN=c1ccc2c(-c3ccc(C(=O)NCc4ccc(C(=O)NCc5c(O)ccc6c(-c7ccc(C(=O)ON8C(=O)CCC8=O)cc7C(=O)O)c7ccc(=O)cc-7oc56)cc4)cc3C(=O)O)c3ccc(N(C)C)cc3oc-2c1. The summed E-state index contributed by atoms with van der Waals surface area (Å²) in [6, 6.07) is 32.3. The van der Waals surface area contributed by atoms with Crippen molar-refractivity contribution in [1.29, 1.82) is 0 Å². The van der Waals surface area contributed by atoms with E-state index in [1.54, 1.807) is 24.3 Å². The van der Waals surface area contributed by atoms with Crippen LogP contribution in [0, 0.1) is 0 Å². The van der Waals surface area contributed by atoms with Crippen molar-refractivity contribution in [2.45, 2.75) is 32.9 Å². The predicted octanol–water partition coefficient (Wildman–Crippen LogP) is 8.25. The molecule has 1 saturated heterocycles. The monoisotopic (exact) mass is 1050 g/mol. The molecule has 0 saturated carbocycles. The lowest BCUT2D eigenvalue weighted by molar-refractivity contribution is -0.172.